The highest BCUT2D eigenvalue weighted by Gasteiger charge is 2.15. The number of anilines is 1. The standard InChI is InChI=1S/C22H15ClN4O4/c23-18-8-7-17(12-20(18)27(30)31)24-21(28)13-26-22(29)10-9-19(25-26)16-6-5-14-3-1-2-4-15(14)11-16/h1-12H,13H2,(H,24,28). The number of hydrogen-bond donors (Lipinski definition) is 1. The first-order chi connectivity index (χ1) is 14.9. The van der Waals surface area contributed by atoms with Gasteiger partial charge in [0.25, 0.3) is 11.2 Å². The summed E-state index contributed by atoms with van der Waals surface area (Å²) in [4.78, 5) is 35.0. The Morgan fingerprint density at radius 3 is 2.58 bits per heavy atom. The van der Waals surface area contributed by atoms with Gasteiger partial charge in [0.15, 0.2) is 0 Å². The number of hydrogen-bond acceptors (Lipinski definition) is 5. The third kappa shape index (κ3) is 4.44. The molecule has 0 aliphatic carbocycles. The van der Waals surface area contributed by atoms with E-state index in [2.05, 4.69) is 10.4 Å². The molecule has 0 aliphatic rings. The first kappa shape index (κ1) is 20.2. The number of amides is 1. The maximum absolute atomic E-state index is 12.4. The predicted octanol–water partition coefficient (Wildman–Crippen LogP) is 4.26. The van der Waals surface area contributed by atoms with E-state index in [9.17, 15) is 19.7 Å². The maximum atomic E-state index is 12.4. The highest BCUT2D eigenvalue weighted by atomic mass is 35.5. The molecule has 3 aromatic carbocycles. The van der Waals surface area contributed by atoms with E-state index in [4.69, 9.17) is 11.6 Å². The van der Waals surface area contributed by atoms with Crippen molar-refractivity contribution >= 4 is 39.7 Å². The minimum absolute atomic E-state index is 0.0380. The molecule has 154 valence electrons. The normalized spacial score (nSPS) is 10.7. The smallest absolute Gasteiger partial charge is 0.289 e. The number of carbonyl (C=O) groups is 1. The van der Waals surface area contributed by atoms with Crippen molar-refractivity contribution in [2.24, 2.45) is 0 Å². The quantitative estimate of drug-likeness (QED) is 0.373. The minimum Gasteiger partial charge on any atom is -0.324 e. The Balaban J connectivity index is 1.57. The van der Waals surface area contributed by atoms with Gasteiger partial charge < -0.3 is 5.32 Å². The summed E-state index contributed by atoms with van der Waals surface area (Å²) in [5.74, 6) is -0.554. The van der Waals surface area contributed by atoms with Crippen LogP contribution < -0.4 is 10.9 Å². The summed E-state index contributed by atoms with van der Waals surface area (Å²) < 4.78 is 1.05. The average Bonchev–Trinajstić information content (AvgIpc) is 2.76. The number of fused-ring (bicyclic) bond motifs is 1. The lowest BCUT2D eigenvalue weighted by Crippen LogP contribution is -2.29. The van der Waals surface area contributed by atoms with Gasteiger partial charge >= 0.3 is 0 Å². The summed E-state index contributed by atoms with van der Waals surface area (Å²) in [6, 6.07) is 20.5. The second-order valence-corrected chi connectivity index (χ2v) is 7.16. The molecule has 0 saturated carbocycles. The van der Waals surface area contributed by atoms with E-state index in [-0.39, 0.29) is 22.9 Å². The molecule has 4 aromatic rings. The van der Waals surface area contributed by atoms with Gasteiger partial charge in [0.1, 0.15) is 11.6 Å². The predicted molar refractivity (Wildman–Crippen MR) is 118 cm³/mol. The number of halogens is 1. The number of nitrogens with zero attached hydrogens (tertiary/aromatic N) is 3. The number of nitrogens with one attached hydrogen (secondary N) is 1. The molecule has 0 spiro atoms. The summed E-state index contributed by atoms with van der Waals surface area (Å²) in [5.41, 5.74) is 0.774. The molecule has 1 amide bonds. The molecule has 8 nitrogen and oxygen atoms in total. The van der Waals surface area contributed by atoms with Crippen molar-refractivity contribution in [1.29, 1.82) is 0 Å². The van der Waals surface area contributed by atoms with Crippen molar-refractivity contribution in [3.63, 3.8) is 0 Å². The topological polar surface area (TPSA) is 107 Å². The van der Waals surface area contributed by atoms with Gasteiger partial charge in [-0.05, 0) is 35.0 Å². The van der Waals surface area contributed by atoms with E-state index in [0.717, 1.165) is 27.1 Å². The van der Waals surface area contributed by atoms with Crippen molar-refractivity contribution in [2.75, 3.05) is 5.32 Å². The Kier molecular flexibility index (Phi) is 5.46. The zero-order valence-corrected chi connectivity index (χ0v) is 16.7. The molecule has 31 heavy (non-hydrogen) atoms. The molecule has 1 N–H and O–H groups in total. The van der Waals surface area contributed by atoms with Crippen LogP contribution >= 0.6 is 11.6 Å². The second-order valence-electron chi connectivity index (χ2n) is 6.75. The van der Waals surface area contributed by atoms with Crippen LogP contribution in [0.5, 0.6) is 0 Å². The highest BCUT2D eigenvalue weighted by molar-refractivity contribution is 6.32. The molecule has 9 heteroatoms. The Labute approximate surface area is 180 Å². The summed E-state index contributed by atoms with van der Waals surface area (Å²) in [6.45, 7) is -0.351. The molecule has 0 unspecified atom stereocenters. The molecule has 1 heterocycles. The fraction of sp³-hybridized carbons (Fsp3) is 0.0455. The van der Waals surface area contributed by atoms with Gasteiger partial charge in [-0.3, -0.25) is 19.7 Å². The maximum Gasteiger partial charge on any atom is 0.289 e. The third-order valence-electron chi connectivity index (χ3n) is 4.63. The summed E-state index contributed by atoms with van der Waals surface area (Å²) >= 11 is 5.78. The van der Waals surface area contributed by atoms with Gasteiger partial charge in [-0.25, -0.2) is 4.68 Å². The van der Waals surface area contributed by atoms with Gasteiger partial charge in [0.05, 0.1) is 10.6 Å². The van der Waals surface area contributed by atoms with Crippen molar-refractivity contribution in [1.82, 2.24) is 9.78 Å². The fourth-order valence-corrected chi connectivity index (χ4v) is 3.32. The second kappa shape index (κ2) is 8.37. The number of nitro groups is 1. The van der Waals surface area contributed by atoms with Crippen LogP contribution in [-0.2, 0) is 11.3 Å². The van der Waals surface area contributed by atoms with Gasteiger partial charge in [-0.2, -0.15) is 5.10 Å². The number of carbonyl (C=O) groups excluding carboxylic acids is 1. The van der Waals surface area contributed by atoms with Crippen molar-refractivity contribution in [3.05, 3.63) is 98.3 Å². The lowest BCUT2D eigenvalue weighted by atomic mass is 10.1. The molecule has 1 aromatic heterocycles. The first-order valence-corrected chi connectivity index (χ1v) is 9.60. The van der Waals surface area contributed by atoms with Gasteiger partial charge in [0, 0.05) is 23.4 Å². The lowest BCUT2D eigenvalue weighted by molar-refractivity contribution is -0.384. The van der Waals surface area contributed by atoms with Crippen molar-refractivity contribution in [2.45, 2.75) is 6.54 Å². The third-order valence-corrected chi connectivity index (χ3v) is 4.95. The highest BCUT2D eigenvalue weighted by Crippen LogP contribution is 2.27. The number of rotatable bonds is 5. The fourth-order valence-electron chi connectivity index (χ4n) is 3.13. The van der Waals surface area contributed by atoms with Crippen LogP contribution in [-0.4, -0.2) is 20.6 Å². The number of benzene rings is 3. The Hall–Kier alpha value is -4.04. The van der Waals surface area contributed by atoms with Crippen molar-refractivity contribution < 1.29 is 9.72 Å². The van der Waals surface area contributed by atoms with Crippen LogP contribution in [0.4, 0.5) is 11.4 Å². The molecule has 0 aliphatic heterocycles. The van der Waals surface area contributed by atoms with E-state index in [1.807, 2.05) is 42.5 Å². The Morgan fingerprint density at radius 1 is 1.03 bits per heavy atom. The summed E-state index contributed by atoms with van der Waals surface area (Å²) in [5, 5.41) is 19.9. The van der Waals surface area contributed by atoms with Crippen LogP contribution in [0.2, 0.25) is 5.02 Å². The van der Waals surface area contributed by atoms with E-state index in [0.29, 0.717) is 5.69 Å². The largest absolute Gasteiger partial charge is 0.324 e. The van der Waals surface area contributed by atoms with Crippen LogP contribution in [0, 0.1) is 10.1 Å². The summed E-state index contributed by atoms with van der Waals surface area (Å²) in [7, 11) is 0. The van der Waals surface area contributed by atoms with E-state index in [1.165, 1.54) is 18.2 Å². The van der Waals surface area contributed by atoms with Crippen LogP contribution in [0.15, 0.2) is 77.6 Å². The minimum atomic E-state index is -0.642. The van der Waals surface area contributed by atoms with Gasteiger partial charge in [-0.1, -0.05) is 48.0 Å². The number of nitro benzene ring substituents is 1. The molecule has 0 fully saturated rings. The molecular formula is C22H15ClN4O4. The van der Waals surface area contributed by atoms with E-state index < -0.39 is 16.4 Å². The van der Waals surface area contributed by atoms with Crippen molar-refractivity contribution in [3.8, 4) is 11.3 Å². The van der Waals surface area contributed by atoms with E-state index in [1.54, 1.807) is 6.07 Å². The molecule has 0 bridgehead atoms. The average molecular weight is 435 g/mol. The monoisotopic (exact) mass is 434 g/mol. The van der Waals surface area contributed by atoms with Crippen LogP contribution in [0.25, 0.3) is 22.0 Å². The Morgan fingerprint density at radius 2 is 1.81 bits per heavy atom. The summed E-state index contributed by atoms with van der Waals surface area (Å²) in [6.07, 6.45) is 0. The zero-order chi connectivity index (χ0) is 22.0. The lowest BCUT2D eigenvalue weighted by Gasteiger charge is -2.09. The molecule has 0 radical (unpaired) electrons. The number of aromatic nitrogens is 2. The molecule has 0 saturated heterocycles. The Bertz CT molecular complexity index is 1380. The van der Waals surface area contributed by atoms with E-state index >= 15 is 0 Å². The molecule has 4 rings (SSSR count). The molecule has 0 atom stereocenters. The molecular weight excluding hydrogens is 420 g/mol. The van der Waals surface area contributed by atoms with Gasteiger partial charge in [-0.15, -0.1) is 0 Å². The SMILES string of the molecule is O=C(Cn1nc(-c2ccc3ccccc3c2)ccc1=O)Nc1ccc(Cl)c([N+](=O)[O-])c1. The van der Waals surface area contributed by atoms with Gasteiger partial charge in [0.2, 0.25) is 5.91 Å². The first-order valence-electron chi connectivity index (χ1n) is 9.22. The van der Waals surface area contributed by atoms with Crippen LogP contribution in [0.3, 0.4) is 0 Å². The van der Waals surface area contributed by atoms with Crippen LogP contribution in [0.1, 0.15) is 0 Å². The zero-order valence-electron chi connectivity index (χ0n) is 16.0.